The van der Waals surface area contributed by atoms with E-state index in [0.29, 0.717) is 12.1 Å². The summed E-state index contributed by atoms with van der Waals surface area (Å²) < 4.78 is 0. The van der Waals surface area contributed by atoms with Crippen LogP contribution in [0.25, 0.3) is 0 Å². The molecule has 1 aromatic rings. The lowest BCUT2D eigenvalue weighted by Gasteiger charge is -2.32. The Hall–Kier alpha value is -0.930. The summed E-state index contributed by atoms with van der Waals surface area (Å²) in [6, 6.07) is 5.15. The first-order chi connectivity index (χ1) is 7.75. The Bertz CT molecular complexity index is 312. The molecule has 1 N–H and O–H groups in total. The second-order valence-electron chi connectivity index (χ2n) is 4.78. The van der Waals surface area contributed by atoms with Crippen molar-refractivity contribution in [2.75, 3.05) is 20.1 Å². The van der Waals surface area contributed by atoms with E-state index >= 15 is 0 Å². The highest BCUT2D eigenvalue weighted by Gasteiger charge is 2.18. The molecule has 2 atom stereocenters. The van der Waals surface area contributed by atoms with Gasteiger partial charge in [0.05, 0.1) is 0 Å². The molecule has 2 rings (SSSR count). The molecule has 0 aliphatic carbocycles. The highest BCUT2D eigenvalue weighted by atomic mass is 15.1. The van der Waals surface area contributed by atoms with Crippen molar-refractivity contribution in [3.05, 3.63) is 30.1 Å². The third-order valence-electron chi connectivity index (χ3n) is 3.29. The predicted octanol–water partition coefficient (Wildman–Crippen LogP) is 1.83. The van der Waals surface area contributed by atoms with Crippen LogP contribution >= 0.6 is 0 Å². The van der Waals surface area contributed by atoms with Gasteiger partial charge in [0.1, 0.15) is 0 Å². The van der Waals surface area contributed by atoms with Crippen LogP contribution in [0.3, 0.4) is 0 Å². The van der Waals surface area contributed by atoms with Gasteiger partial charge in [-0.2, -0.15) is 0 Å². The Labute approximate surface area is 97.9 Å². The predicted molar refractivity (Wildman–Crippen MR) is 66.3 cm³/mol. The standard InChI is InChI=1S/C13H21N3/c1-11(12-5-3-7-14-9-12)15-13-6-4-8-16(2)10-13/h3,5,7,9,11,13,15H,4,6,8,10H2,1-2H3/t11-,13?/m0/s1. The van der Waals surface area contributed by atoms with Gasteiger partial charge in [-0.1, -0.05) is 6.07 Å². The van der Waals surface area contributed by atoms with Crippen LogP contribution < -0.4 is 5.32 Å². The van der Waals surface area contributed by atoms with E-state index < -0.39 is 0 Å². The summed E-state index contributed by atoms with van der Waals surface area (Å²) >= 11 is 0. The summed E-state index contributed by atoms with van der Waals surface area (Å²) in [6.45, 7) is 4.61. The Morgan fingerprint density at radius 3 is 3.12 bits per heavy atom. The SMILES string of the molecule is C[C@H](NC1CCCN(C)C1)c1cccnc1. The van der Waals surface area contributed by atoms with Crippen LogP contribution in [-0.4, -0.2) is 36.1 Å². The van der Waals surface area contributed by atoms with E-state index in [1.165, 1.54) is 24.9 Å². The third-order valence-corrected chi connectivity index (χ3v) is 3.29. The maximum atomic E-state index is 4.16. The van der Waals surface area contributed by atoms with Crippen LogP contribution in [0.4, 0.5) is 0 Å². The molecule has 1 aromatic heterocycles. The molecule has 1 aliphatic heterocycles. The highest BCUT2D eigenvalue weighted by Crippen LogP contribution is 2.15. The molecular formula is C13H21N3. The number of rotatable bonds is 3. The quantitative estimate of drug-likeness (QED) is 0.840. The van der Waals surface area contributed by atoms with Gasteiger partial charge in [0, 0.05) is 31.0 Å². The molecule has 0 aromatic carbocycles. The lowest BCUT2D eigenvalue weighted by Crippen LogP contribution is -2.44. The maximum absolute atomic E-state index is 4.16. The maximum Gasteiger partial charge on any atom is 0.0315 e. The van der Waals surface area contributed by atoms with Crippen molar-refractivity contribution in [3.8, 4) is 0 Å². The first-order valence-corrected chi connectivity index (χ1v) is 6.10. The average Bonchev–Trinajstić information content (AvgIpc) is 2.30. The Kier molecular flexibility index (Phi) is 3.91. The minimum Gasteiger partial charge on any atom is -0.306 e. The fraction of sp³-hybridized carbons (Fsp3) is 0.615. The summed E-state index contributed by atoms with van der Waals surface area (Å²) in [7, 11) is 2.20. The molecular weight excluding hydrogens is 198 g/mol. The van der Waals surface area contributed by atoms with Crippen LogP contribution in [0.5, 0.6) is 0 Å². The Balaban J connectivity index is 1.89. The molecule has 1 aliphatic rings. The topological polar surface area (TPSA) is 28.2 Å². The van der Waals surface area contributed by atoms with E-state index in [1.807, 2.05) is 18.5 Å². The minimum absolute atomic E-state index is 0.394. The number of aromatic nitrogens is 1. The van der Waals surface area contributed by atoms with E-state index in [-0.39, 0.29) is 0 Å². The molecule has 0 saturated carbocycles. The van der Waals surface area contributed by atoms with E-state index in [1.54, 1.807) is 0 Å². The van der Waals surface area contributed by atoms with Gasteiger partial charge in [0.25, 0.3) is 0 Å². The second kappa shape index (κ2) is 5.41. The first-order valence-electron chi connectivity index (χ1n) is 6.10. The molecule has 3 nitrogen and oxygen atoms in total. The van der Waals surface area contributed by atoms with Crippen molar-refractivity contribution in [2.45, 2.75) is 31.8 Å². The van der Waals surface area contributed by atoms with Crippen molar-refractivity contribution in [2.24, 2.45) is 0 Å². The van der Waals surface area contributed by atoms with Crippen LogP contribution in [0.1, 0.15) is 31.4 Å². The van der Waals surface area contributed by atoms with Gasteiger partial charge in [0.2, 0.25) is 0 Å². The smallest absolute Gasteiger partial charge is 0.0315 e. The van der Waals surface area contributed by atoms with Crippen molar-refractivity contribution in [1.82, 2.24) is 15.2 Å². The number of hydrogen-bond donors (Lipinski definition) is 1. The number of likely N-dealkylation sites (tertiary alicyclic amines) is 1. The molecule has 88 valence electrons. The summed E-state index contributed by atoms with van der Waals surface area (Å²) in [6.07, 6.45) is 6.36. The molecule has 3 heteroatoms. The van der Waals surface area contributed by atoms with Crippen molar-refractivity contribution >= 4 is 0 Å². The first kappa shape index (κ1) is 11.6. The number of nitrogens with one attached hydrogen (secondary N) is 1. The molecule has 1 saturated heterocycles. The van der Waals surface area contributed by atoms with Gasteiger partial charge in [-0.3, -0.25) is 4.98 Å². The van der Waals surface area contributed by atoms with Crippen molar-refractivity contribution < 1.29 is 0 Å². The summed E-state index contributed by atoms with van der Waals surface area (Å²) in [5.41, 5.74) is 1.27. The summed E-state index contributed by atoms with van der Waals surface area (Å²) in [5.74, 6) is 0. The molecule has 1 unspecified atom stereocenters. The highest BCUT2D eigenvalue weighted by molar-refractivity contribution is 5.13. The molecule has 2 heterocycles. The molecule has 16 heavy (non-hydrogen) atoms. The third kappa shape index (κ3) is 3.03. The van der Waals surface area contributed by atoms with E-state index in [4.69, 9.17) is 0 Å². The lowest BCUT2D eigenvalue weighted by atomic mass is 10.0. The van der Waals surface area contributed by atoms with Gasteiger partial charge >= 0.3 is 0 Å². The van der Waals surface area contributed by atoms with E-state index in [9.17, 15) is 0 Å². The number of likely N-dealkylation sites (N-methyl/N-ethyl adjacent to an activating group) is 1. The molecule has 1 fully saturated rings. The number of piperidine rings is 1. The fourth-order valence-corrected chi connectivity index (χ4v) is 2.38. The number of nitrogens with zero attached hydrogens (tertiary/aromatic N) is 2. The van der Waals surface area contributed by atoms with Gasteiger partial charge in [-0.15, -0.1) is 0 Å². The zero-order valence-corrected chi connectivity index (χ0v) is 10.2. The average molecular weight is 219 g/mol. The summed E-state index contributed by atoms with van der Waals surface area (Å²) in [5, 5.41) is 3.68. The van der Waals surface area contributed by atoms with Crippen molar-refractivity contribution in [1.29, 1.82) is 0 Å². The van der Waals surface area contributed by atoms with Crippen molar-refractivity contribution in [3.63, 3.8) is 0 Å². The lowest BCUT2D eigenvalue weighted by molar-refractivity contribution is 0.218. The summed E-state index contributed by atoms with van der Waals surface area (Å²) in [4.78, 5) is 6.56. The number of pyridine rings is 1. The van der Waals surface area contributed by atoms with Gasteiger partial charge in [-0.05, 0) is 45.0 Å². The molecule has 0 amide bonds. The van der Waals surface area contributed by atoms with Crippen LogP contribution in [-0.2, 0) is 0 Å². The molecule has 0 bridgehead atoms. The molecule has 0 spiro atoms. The van der Waals surface area contributed by atoms with Gasteiger partial charge < -0.3 is 10.2 Å². The van der Waals surface area contributed by atoms with Gasteiger partial charge in [0.15, 0.2) is 0 Å². The van der Waals surface area contributed by atoms with Crippen LogP contribution in [0.15, 0.2) is 24.5 Å². The fourth-order valence-electron chi connectivity index (χ4n) is 2.38. The second-order valence-corrected chi connectivity index (χ2v) is 4.78. The van der Waals surface area contributed by atoms with E-state index in [2.05, 4.69) is 35.2 Å². The zero-order valence-electron chi connectivity index (χ0n) is 10.2. The number of hydrogen-bond acceptors (Lipinski definition) is 3. The largest absolute Gasteiger partial charge is 0.306 e. The molecule has 0 radical (unpaired) electrons. The monoisotopic (exact) mass is 219 g/mol. The normalized spacial score (nSPS) is 24.2. The minimum atomic E-state index is 0.394. The van der Waals surface area contributed by atoms with Crippen LogP contribution in [0, 0.1) is 0 Å². The van der Waals surface area contributed by atoms with Gasteiger partial charge in [-0.25, -0.2) is 0 Å². The Morgan fingerprint density at radius 2 is 2.44 bits per heavy atom. The Morgan fingerprint density at radius 1 is 1.56 bits per heavy atom. The zero-order chi connectivity index (χ0) is 11.4. The van der Waals surface area contributed by atoms with E-state index in [0.717, 1.165) is 6.54 Å². The van der Waals surface area contributed by atoms with Crippen LogP contribution in [0.2, 0.25) is 0 Å².